The Hall–Kier alpha value is 1.76. The fraction of sp³-hybridized carbons (Fsp3) is 1.00. The summed E-state index contributed by atoms with van der Waals surface area (Å²) in [7, 11) is 27.9. The van der Waals surface area contributed by atoms with Crippen LogP contribution in [0.25, 0.3) is 0 Å². The maximum atomic E-state index is 2.33. The smallest absolute Gasteiger partial charge is 0.165 e. The first-order valence-electron chi connectivity index (χ1n) is 8.05. The van der Waals surface area contributed by atoms with Crippen LogP contribution in [0.4, 0.5) is 0 Å². The Morgan fingerprint density at radius 2 is 0.480 bits per heavy atom. The van der Waals surface area contributed by atoms with E-state index in [1.165, 1.54) is 26.2 Å². The van der Waals surface area contributed by atoms with E-state index in [2.05, 4.69) is 84.6 Å². The number of hydrogen-bond donors (Lipinski definition) is 0. The molecule has 0 heterocycles. The van der Waals surface area contributed by atoms with Crippen molar-refractivity contribution in [3.05, 3.63) is 0 Å². The summed E-state index contributed by atoms with van der Waals surface area (Å²) in [4.78, 5) is 0. The molecule has 0 rings (SSSR count). The van der Waals surface area contributed by atoms with Gasteiger partial charge in [-0.1, -0.05) is 0 Å². The van der Waals surface area contributed by atoms with Crippen molar-refractivity contribution in [3.8, 4) is 0 Å². The van der Waals surface area contributed by atoms with E-state index in [4.69, 9.17) is 0 Å². The second kappa shape index (κ2) is 12.3. The van der Waals surface area contributed by atoms with Crippen LogP contribution in [-0.2, 0) is 0 Å². The molecule has 0 fully saturated rings. The lowest BCUT2D eigenvalue weighted by Crippen LogP contribution is -2.64. The third-order valence-corrected chi connectivity index (χ3v) is 3.24. The summed E-state index contributed by atoms with van der Waals surface area (Å²) < 4.78 is 4.11. The van der Waals surface area contributed by atoms with Gasteiger partial charge < -0.3 is 17.9 Å². The predicted octanol–water partition coefficient (Wildman–Crippen LogP) is 3.11. The highest BCUT2D eigenvalue weighted by Crippen LogP contribution is 2.28. The highest BCUT2D eigenvalue weighted by atomic mass is 79.9. The lowest BCUT2D eigenvalue weighted by Gasteiger charge is -2.47. The Labute approximate surface area is 201 Å². The van der Waals surface area contributed by atoms with Crippen molar-refractivity contribution in [2.75, 3.05) is 111 Å². The molecular weight excluding hydrogens is 580 g/mol. The zero-order valence-corrected chi connectivity index (χ0v) is 25.6. The largest absolute Gasteiger partial charge is 0.330 e. The monoisotopic (exact) mass is 624 g/mol. The molecule has 0 aliphatic heterocycles. The highest BCUT2D eigenvalue weighted by molar-refractivity contribution is 8.93. The van der Waals surface area contributed by atoms with Gasteiger partial charge in [-0.05, 0) is 0 Å². The van der Waals surface area contributed by atoms with Crippen LogP contribution in [0.3, 0.4) is 0 Å². The third kappa shape index (κ3) is 21.9. The summed E-state index contributed by atoms with van der Waals surface area (Å²) in [6, 6.07) is 0. The molecule has 0 aromatic rings. The van der Waals surface area contributed by atoms with Gasteiger partial charge in [-0.3, -0.25) is 0 Å². The first kappa shape index (κ1) is 37.5. The molecule has 0 saturated heterocycles. The molecule has 0 bridgehead atoms. The summed E-state index contributed by atoms with van der Waals surface area (Å²) in [6.45, 7) is 4.86. The maximum Gasteiger partial charge on any atom is 0.165 e. The molecule has 25 heavy (non-hydrogen) atoms. The van der Waals surface area contributed by atoms with Crippen molar-refractivity contribution in [1.82, 2.24) is 0 Å². The molecule has 0 radical (unpaired) electrons. The fourth-order valence-electron chi connectivity index (χ4n) is 4.32. The van der Waals surface area contributed by atoms with E-state index in [0.29, 0.717) is 5.41 Å². The number of rotatable bonds is 8. The van der Waals surface area contributed by atoms with Crippen LogP contribution in [0, 0.1) is 5.41 Å². The minimum Gasteiger partial charge on any atom is -0.330 e. The van der Waals surface area contributed by atoms with Crippen molar-refractivity contribution < 1.29 is 17.9 Å². The van der Waals surface area contributed by atoms with E-state index < -0.39 is 0 Å². The minimum atomic E-state index is 0. The van der Waals surface area contributed by atoms with Gasteiger partial charge in [-0.15, -0.1) is 67.9 Å². The molecular formula is C17H48Br4N4+4. The Kier molecular flexibility index (Phi) is 18.5. The molecule has 4 nitrogen and oxygen atoms in total. The molecule has 0 atom stereocenters. The van der Waals surface area contributed by atoms with Crippen molar-refractivity contribution in [2.45, 2.75) is 0 Å². The summed E-state index contributed by atoms with van der Waals surface area (Å²) >= 11 is 0. The number of quaternary nitrogens is 4. The van der Waals surface area contributed by atoms with Gasteiger partial charge in [0.05, 0.1) is 84.6 Å². The van der Waals surface area contributed by atoms with Gasteiger partial charge in [0.25, 0.3) is 0 Å². The van der Waals surface area contributed by atoms with Gasteiger partial charge >= 0.3 is 0 Å². The molecule has 0 amide bonds. The Balaban J connectivity index is -0.000000333. The Morgan fingerprint density at radius 1 is 0.360 bits per heavy atom. The van der Waals surface area contributed by atoms with Gasteiger partial charge in [0.2, 0.25) is 0 Å². The SMILES string of the molecule is Br.Br.Br.Br.C[N+](C)(C)CC(C[N+](C)(C)C)(C[N+](C)(C)C)C[N+](C)(C)C. The molecule has 0 saturated carbocycles. The van der Waals surface area contributed by atoms with Crippen LogP contribution in [0.5, 0.6) is 0 Å². The van der Waals surface area contributed by atoms with Crippen molar-refractivity contribution in [2.24, 2.45) is 5.41 Å². The Morgan fingerprint density at radius 3 is 0.560 bits per heavy atom. The van der Waals surface area contributed by atoms with Crippen LogP contribution in [0.15, 0.2) is 0 Å². The highest BCUT2D eigenvalue weighted by Gasteiger charge is 2.48. The number of halogens is 4. The molecule has 0 aliphatic carbocycles. The van der Waals surface area contributed by atoms with E-state index in [9.17, 15) is 0 Å². The summed E-state index contributed by atoms with van der Waals surface area (Å²) in [5.74, 6) is 0. The van der Waals surface area contributed by atoms with Crippen LogP contribution < -0.4 is 0 Å². The molecule has 8 heteroatoms. The van der Waals surface area contributed by atoms with E-state index in [1.54, 1.807) is 0 Å². The summed E-state index contributed by atoms with van der Waals surface area (Å²) in [5, 5.41) is 0. The quantitative estimate of drug-likeness (QED) is 0.363. The molecule has 0 spiro atoms. The molecule has 0 aliphatic rings. The minimum absolute atomic E-state index is 0. The number of hydrogen-bond acceptors (Lipinski definition) is 0. The van der Waals surface area contributed by atoms with E-state index >= 15 is 0 Å². The standard InChI is InChI=1S/C17H44N4.4BrH/c1-18(2,3)13-17(14-19(4,5)6,15-20(7,8)9)16-21(10,11)12;;;;/h13-16H2,1-12H3;4*1H/q+4;;;;. The average molecular weight is 628 g/mol. The maximum absolute atomic E-state index is 2.33. The van der Waals surface area contributed by atoms with Crippen molar-refractivity contribution in [3.63, 3.8) is 0 Å². The fourth-order valence-corrected chi connectivity index (χ4v) is 4.32. The van der Waals surface area contributed by atoms with E-state index in [1.807, 2.05) is 0 Å². The zero-order chi connectivity index (χ0) is 17.3. The normalized spacial score (nSPS) is 13.0. The second-order valence-electron chi connectivity index (χ2n) is 11.3. The molecule has 0 aromatic carbocycles. The lowest BCUT2D eigenvalue weighted by molar-refractivity contribution is -0.947. The van der Waals surface area contributed by atoms with Crippen molar-refractivity contribution in [1.29, 1.82) is 0 Å². The number of nitrogens with zero attached hydrogens (tertiary/aromatic N) is 4. The average Bonchev–Trinajstić information content (AvgIpc) is 1.83. The van der Waals surface area contributed by atoms with Gasteiger partial charge in [-0.25, -0.2) is 0 Å². The summed E-state index contributed by atoms with van der Waals surface area (Å²) in [6.07, 6.45) is 0. The van der Waals surface area contributed by atoms with E-state index in [0.717, 1.165) is 17.9 Å². The van der Waals surface area contributed by atoms with Gasteiger partial charge in [0, 0.05) is 0 Å². The second-order valence-corrected chi connectivity index (χ2v) is 11.3. The van der Waals surface area contributed by atoms with Crippen LogP contribution in [0.2, 0.25) is 0 Å². The van der Waals surface area contributed by atoms with Crippen LogP contribution in [0.1, 0.15) is 0 Å². The zero-order valence-electron chi connectivity index (χ0n) is 18.8. The van der Waals surface area contributed by atoms with Crippen molar-refractivity contribution >= 4 is 67.9 Å². The lowest BCUT2D eigenvalue weighted by atomic mass is 9.83. The van der Waals surface area contributed by atoms with Crippen LogP contribution in [-0.4, -0.2) is 129 Å². The third-order valence-electron chi connectivity index (χ3n) is 3.24. The van der Waals surface area contributed by atoms with Gasteiger partial charge in [-0.2, -0.15) is 0 Å². The summed E-state index contributed by atoms with van der Waals surface area (Å²) in [5.41, 5.74) is 0.326. The van der Waals surface area contributed by atoms with Gasteiger partial charge in [0.15, 0.2) is 5.41 Å². The van der Waals surface area contributed by atoms with E-state index in [-0.39, 0.29) is 67.9 Å². The molecule has 160 valence electrons. The molecule has 0 N–H and O–H groups in total. The van der Waals surface area contributed by atoms with Gasteiger partial charge in [0.1, 0.15) is 26.2 Å². The first-order chi connectivity index (χ1) is 8.83. The predicted molar refractivity (Wildman–Crippen MR) is 135 cm³/mol. The first-order valence-corrected chi connectivity index (χ1v) is 8.05. The molecule has 0 aromatic heterocycles. The van der Waals surface area contributed by atoms with Crippen LogP contribution >= 0.6 is 67.9 Å². The molecule has 0 unspecified atom stereocenters. The Bertz CT molecular complexity index is 267. The topological polar surface area (TPSA) is 0 Å².